The van der Waals surface area contributed by atoms with Crippen LogP contribution in [0.3, 0.4) is 0 Å². The maximum atomic E-state index is 13.2. The van der Waals surface area contributed by atoms with Gasteiger partial charge in [-0.2, -0.15) is 0 Å². The van der Waals surface area contributed by atoms with Gasteiger partial charge in [-0.15, -0.1) is 0 Å². The Bertz CT molecular complexity index is 1480. The smallest absolute Gasteiger partial charge is 0.340 e. The Balaban J connectivity index is 1.53. The lowest BCUT2D eigenvalue weighted by Gasteiger charge is -2.18. The zero-order valence-electron chi connectivity index (χ0n) is 21.1. The van der Waals surface area contributed by atoms with Gasteiger partial charge in [0.2, 0.25) is 0 Å². The van der Waals surface area contributed by atoms with Crippen molar-refractivity contribution in [2.24, 2.45) is 0 Å². The zero-order valence-corrected chi connectivity index (χ0v) is 21.9. The number of hydrogen-bond acceptors (Lipinski definition) is 6. The third-order valence-corrected chi connectivity index (χ3v) is 6.20. The predicted octanol–water partition coefficient (Wildman–Crippen LogP) is 5.56. The van der Waals surface area contributed by atoms with E-state index in [9.17, 15) is 19.2 Å². The second-order valence-corrected chi connectivity index (χ2v) is 9.14. The van der Waals surface area contributed by atoms with E-state index in [1.165, 1.54) is 6.07 Å². The molecule has 1 heterocycles. The molecule has 2 N–H and O–H groups in total. The highest BCUT2D eigenvalue weighted by molar-refractivity contribution is 6.53. The van der Waals surface area contributed by atoms with Crippen molar-refractivity contribution in [3.63, 3.8) is 0 Å². The molecule has 0 aromatic heterocycles. The van der Waals surface area contributed by atoms with Crippen molar-refractivity contribution in [3.05, 3.63) is 99.7 Å². The maximum Gasteiger partial charge on any atom is 0.340 e. The van der Waals surface area contributed by atoms with Crippen molar-refractivity contribution in [3.8, 4) is 0 Å². The highest BCUT2D eigenvalue weighted by atomic mass is 35.5. The molecule has 1 aliphatic heterocycles. The molecule has 0 unspecified atom stereocenters. The average Bonchev–Trinajstić information content (AvgIpc) is 3.11. The number of hydrogen-bond donors (Lipinski definition) is 2. The number of rotatable bonds is 8. The van der Waals surface area contributed by atoms with Crippen LogP contribution in [0.5, 0.6) is 0 Å². The summed E-state index contributed by atoms with van der Waals surface area (Å²) in [5.74, 6) is -2.24. The lowest BCUT2D eigenvalue weighted by molar-refractivity contribution is -0.120. The number of benzene rings is 3. The van der Waals surface area contributed by atoms with E-state index in [2.05, 4.69) is 10.6 Å². The van der Waals surface area contributed by atoms with E-state index < -0.39 is 23.7 Å². The molecule has 1 aliphatic rings. The number of nitrogens with zero attached hydrogens (tertiary/aromatic N) is 1. The number of esters is 1. The fourth-order valence-corrected chi connectivity index (χ4v) is 4.22. The summed E-state index contributed by atoms with van der Waals surface area (Å²) in [6, 6.07) is 18.3. The number of imide groups is 1. The van der Waals surface area contributed by atoms with Gasteiger partial charge in [0.05, 0.1) is 23.5 Å². The average molecular weight is 532 g/mol. The van der Waals surface area contributed by atoms with Crippen LogP contribution in [0.2, 0.25) is 0 Å². The monoisotopic (exact) mass is 531 g/mol. The van der Waals surface area contributed by atoms with E-state index in [1.54, 1.807) is 48.5 Å². The molecule has 8 nitrogen and oxygen atoms in total. The molecule has 3 aromatic rings. The summed E-state index contributed by atoms with van der Waals surface area (Å²) in [6.45, 7) is 5.89. The largest absolute Gasteiger partial charge is 0.462 e. The highest BCUT2D eigenvalue weighted by Gasteiger charge is 2.39. The Morgan fingerprint density at radius 1 is 0.947 bits per heavy atom. The first-order valence-electron chi connectivity index (χ1n) is 12.0. The highest BCUT2D eigenvalue weighted by Crippen LogP contribution is 2.32. The standard InChI is InChI=1S/C29H26ClN3O5/c1-4-14-38-29(37)21-10-5-6-11-22(21)32-26(34)19-8-7-9-20(16-19)31-25-24(30)27(35)33(28(25)36)23-13-12-17(2)15-18(23)3/h5-13,15-16,31H,4,14H2,1-3H3,(H,32,34). The molecule has 0 aliphatic carbocycles. The zero-order chi connectivity index (χ0) is 27.4. The van der Waals surface area contributed by atoms with Gasteiger partial charge in [-0.3, -0.25) is 14.4 Å². The van der Waals surface area contributed by atoms with Crippen molar-refractivity contribution in [2.45, 2.75) is 27.2 Å². The van der Waals surface area contributed by atoms with Crippen LogP contribution in [0, 0.1) is 13.8 Å². The number of carbonyl (C=O) groups is 4. The van der Waals surface area contributed by atoms with Crippen LogP contribution in [-0.4, -0.2) is 30.3 Å². The molecule has 0 fully saturated rings. The van der Waals surface area contributed by atoms with Gasteiger partial charge >= 0.3 is 5.97 Å². The third-order valence-electron chi connectivity index (χ3n) is 5.85. The Morgan fingerprint density at radius 2 is 1.71 bits per heavy atom. The summed E-state index contributed by atoms with van der Waals surface area (Å²) in [5, 5.41) is 5.38. The van der Waals surface area contributed by atoms with Crippen molar-refractivity contribution < 1.29 is 23.9 Å². The van der Waals surface area contributed by atoms with Crippen LogP contribution in [0.1, 0.15) is 45.2 Å². The van der Waals surface area contributed by atoms with Crippen LogP contribution in [0.15, 0.2) is 77.5 Å². The first-order chi connectivity index (χ1) is 18.2. The molecule has 0 atom stereocenters. The van der Waals surface area contributed by atoms with E-state index in [0.717, 1.165) is 16.0 Å². The second-order valence-electron chi connectivity index (χ2n) is 8.77. The summed E-state index contributed by atoms with van der Waals surface area (Å²) < 4.78 is 5.20. The summed E-state index contributed by atoms with van der Waals surface area (Å²) in [7, 11) is 0. The first-order valence-corrected chi connectivity index (χ1v) is 12.4. The minimum absolute atomic E-state index is 0.0850. The number of carbonyl (C=O) groups excluding carboxylic acids is 4. The Morgan fingerprint density at radius 3 is 2.45 bits per heavy atom. The quantitative estimate of drug-likeness (QED) is 0.291. The van der Waals surface area contributed by atoms with E-state index in [4.69, 9.17) is 16.3 Å². The van der Waals surface area contributed by atoms with Gasteiger partial charge < -0.3 is 15.4 Å². The summed E-state index contributed by atoms with van der Waals surface area (Å²) in [6.07, 6.45) is 0.678. The fraction of sp³-hybridized carbons (Fsp3) is 0.172. The Labute approximate surface area is 225 Å². The Kier molecular flexibility index (Phi) is 7.93. The minimum Gasteiger partial charge on any atom is -0.462 e. The molecule has 0 radical (unpaired) electrons. The Hall–Kier alpha value is -4.43. The normalized spacial score (nSPS) is 13.1. The van der Waals surface area contributed by atoms with Gasteiger partial charge in [0.1, 0.15) is 10.7 Å². The lowest BCUT2D eigenvalue weighted by Crippen LogP contribution is -2.32. The molecule has 4 rings (SSSR count). The predicted molar refractivity (Wildman–Crippen MR) is 146 cm³/mol. The molecule has 38 heavy (non-hydrogen) atoms. The molecule has 9 heteroatoms. The number of anilines is 3. The number of amides is 3. The van der Waals surface area contributed by atoms with E-state index in [0.29, 0.717) is 23.5 Å². The summed E-state index contributed by atoms with van der Waals surface area (Å²) >= 11 is 6.28. The van der Waals surface area contributed by atoms with Crippen LogP contribution >= 0.6 is 11.6 Å². The number of ether oxygens (including phenoxy) is 1. The van der Waals surface area contributed by atoms with Crippen LogP contribution < -0.4 is 15.5 Å². The minimum atomic E-state index is -0.633. The summed E-state index contributed by atoms with van der Waals surface area (Å²) in [5.41, 5.74) is 3.30. The molecule has 3 amide bonds. The molecule has 0 bridgehead atoms. The van der Waals surface area contributed by atoms with Crippen molar-refractivity contribution in [2.75, 3.05) is 22.1 Å². The number of halogens is 1. The van der Waals surface area contributed by atoms with Gasteiger partial charge in [0.25, 0.3) is 17.7 Å². The fourth-order valence-electron chi connectivity index (χ4n) is 4.01. The summed E-state index contributed by atoms with van der Waals surface area (Å²) in [4.78, 5) is 52.5. The number of para-hydroxylation sites is 1. The van der Waals surface area contributed by atoms with Crippen LogP contribution in [-0.2, 0) is 14.3 Å². The van der Waals surface area contributed by atoms with Crippen LogP contribution in [0.25, 0.3) is 0 Å². The topological polar surface area (TPSA) is 105 Å². The van der Waals surface area contributed by atoms with Crippen molar-refractivity contribution >= 4 is 52.4 Å². The molecule has 3 aromatic carbocycles. The van der Waals surface area contributed by atoms with E-state index in [1.807, 2.05) is 32.9 Å². The molecule has 194 valence electrons. The molecule has 0 spiro atoms. The molecule has 0 saturated carbocycles. The second kappa shape index (κ2) is 11.3. The maximum absolute atomic E-state index is 13.2. The SMILES string of the molecule is CCCOC(=O)c1ccccc1NC(=O)c1cccc(NC2=C(Cl)C(=O)N(c3ccc(C)cc3C)C2=O)c1. The van der Waals surface area contributed by atoms with Gasteiger partial charge in [-0.1, -0.05) is 54.4 Å². The first kappa shape index (κ1) is 26.6. The van der Waals surface area contributed by atoms with Crippen molar-refractivity contribution in [1.82, 2.24) is 0 Å². The van der Waals surface area contributed by atoms with Crippen molar-refractivity contribution in [1.29, 1.82) is 0 Å². The van der Waals surface area contributed by atoms with Gasteiger partial charge in [0, 0.05) is 11.3 Å². The number of aryl methyl sites for hydroxylation is 2. The van der Waals surface area contributed by atoms with Gasteiger partial charge in [0.15, 0.2) is 0 Å². The van der Waals surface area contributed by atoms with E-state index in [-0.39, 0.29) is 28.5 Å². The van der Waals surface area contributed by atoms with Crippen LogP contribution in [0.4, 0.5) is 17.1 Å². The van der Waals surface area contributed by atoms with E-state index >= 15 is 0 Å². The molecule has 0 saturated heterocycles. The van der Waals surface area contributed by atoms with Gasteiger partial charge in [-0.05, 0) is 62.2 Å². The van der Waals surface area contributed by atoms with Gasteiger partial charge in [-0.25, -0.2) is 9.69 Å². The lowest BCUT2D eigenvalue weighted by atomic mass is 10.1. The third kappa shape index (κ3) is 5.45. The molecular weight excluding hydrogens is 506 g/mol. The number of nitrogens with one attached hydrogen (secondary N) is 2. The molecular formula is C29H26ClN3O5.